The summed E-state index contributed by atoms with van der Waals surface area (Å²) in [5, 5.41) is 12.6. The van der Waals surface area contributed by atoms with Crippen molar-refractivity contribution in [2.45, 2.75) is 43.5 Å². The molecule has 1 fully saturated rings. The molecule has 114 valence electrons. The molecule has 2 N–H and O–H groups in total. The third-order valence-corrected chi connectivity index (χ3v) is 5.40. The van der Waals surface area contributed by atoms with Crippen molar-refractivity contribution < 1.29 is 8.42 Å². The van der Waals surface area contributed by atoms with Crippen LogP contribution >= 0.6 is 0 Å². The fraction of sp³-hybridized carbons (Fsp3) is 0.533. The third kappa shape index (κ3) is 3.74. The molecule has 21 heavy (non-hydrogen) atoms. The Morgan fingerprint density at radius 3 is 2.71 bits per heavy atom. The van der Waals surface area contributed by atoms with Crippen LogP contribution in [0.4, 0.5) is 5.69 Å². The molecule has 0 aromatic heterocycles. The molecule has 1 saturated carbocycles. The number of anilines is 1. The number of hydrogen-bond donors (Lipinski definition) is 2. The molecule has 1 aliphatic carbocycles. The summed E-state index contributed by atoms with van der Waals surface area (Å²) in [6, 6.07) is 7.06. The van der Waals surface area contributed by atoms with Crippen LogP contribution in [-0.4, -0.2) is 21.5 Å². The van der Waals surface area contributed by atoms with Gasteiger partial charge in [0, 0.05) is 6.04 Å². The van der Waals surface area contributed by atoms with Crippen molar-refractivity contribution in [3.63, 3.8) is 0 Å². The molecule has 6 heteroatoms. The van der Waals surface area contributed by atoms with Gasteiger partial charge in [-0.3, -0.25) is 0 Å². The standard InChI is InChI=1S/C15H21N3O2S/c1-11-4-3-5-13(8-11)18-15-7-6-14(9-12(15)10-16)21(19,20)17-2/h6-7,9,11,13,17-18H,3-5,8H2,1-2H3/t11-,13?/m0/s1. The minimum Gasteiger partial charge on any atom is -0.381 e. The summed E-state index contributed by atoms with van der Waals surface area (Å²) in [5.74, 6) is 0.686. The van der Waals surface area contributed by atoms with E-state index in [-0.39, 0.29) is 4.90 Å². The quantitative estimate of drug-likeness (QED) is 0.895. The Hall–Kier alpha value is -1.58. The maximum Gasteiger partial charge on any atom is 0.240 e. The van der Waals surface area contributed by atoms with Crippen LogP contribution < -0.4 is 10.0 Å². The van der Waals surface area contributed by atoms with Crippen LogP contribution in [-0.2, 0) is 10.0 Å². The van der Waals surface area contributed by atoms with Gasteiger partial charge in [0.1, 0.15) is 6.07 Å². The lowest BCUT2D eigenvalue weighted by Gasteiger charge is -2.28. The van der Waals surface area contributed by atoms with Gasteiger partial charge in [-0.25, -0.2) is 13.1 Å². The first-order valence-corrected chi connectivity index (χ1v) is 8.69. The van der Waals surface area contributed by atoms with E-state index in [1.54, 1.807) is 6.07 Å². The van der Waals surface area contributed by atoms with Gasteiger partial charge < -0.3 is 5.32 Å². The first kappa shape index (κ1) is 15.8. The van der Waals surface area contributed by atoms with Crippen LogP contribution in [0.5, 0.6) is 0 Å². The highest BCUT2D eigenvalue weighted by atomic mass is 32.2. The van der Waals surface area contributed by atoms with Gasteiger partial charge in [-0.1, -0.05) is 19.8 Å². The number of rotatable bonds is 4. The predicted octanol–water partition coefficient (Wildman–Crippen LogP) is 2.46. The third-order valence-electron chi connectivity index (χ3n) is 3.99. The van der Waals surface area contributed by atoms with Gasteiger partial charge in [-0.05, 0) is 44.0 Å². The number of nitrogens with one attached hydrogen (secondary N) is 2. The average Bonchev–Trinajstić information content (AvgIpc) is 2.47. The van der Waals surface area contributed by atoms with Gasteiger partial charge >= 0.3 is 0 Å². The zero-order chi connectivity index (χ0) is 15.5. The second kappa shape index (κ2) is 6.46. The monoisotopic (exact) mass is 307 g/mol. The Morgan fingerprint density at radius 2 is 2.10 bits per heavy atom. The molecular formula is C15H21N3O2S. The lowest BCUT2D eigenvalue weighted by molar-refractivity contribution is 0.358. The van der Waals surface area contributed by atoms with Gasteiger partial charge in [0.2, 0.25) is 10.0 Å². The van der Waals surface area contributed by atoms with Gasteiger partial charge in [0.25, 0.3) is 0 Å². The number of nitriles is 1. The second-order valence-electron chi connectivity index (χ2n) is 5.64. The molecular weight excluding hydrogens is 286 g/mol. The Bertz CT molecular complexity index is 649. The minimum absolute atomic E-state index is 0.115. The lowest BCUT2D eigenvalue weighted by atomic mass is 9.87. The largest absolute Gasteiger partial charge is 0.381 e. The minimum atomic E-state index is -3.52. The van der Waals surface area contributed by atoms with Crippen molar-refractivity contribution in [2.24, 2.45) is 5.92 Å². The summed E-state index contributed by atoms with van der Waals surface area (Å²) >= 11 is 0. The summed E-state index contributed by atoms with van der Waals surface area (Å²) in [4.78, 5) is 0.115. The normalized spacial score (nSPS) is 22.5. The van der Waals surface area contributed by atoms with Crippen molar-refractivity contribution in [3.8, 4) is 6.07 Å². The van der Waals surface area contributed by atoms with Crippen LogP contribution in [0.1, 0.15) is 38.2 Å². The van der Waals surface area contributed by atoms with E-state index in [2.05, 4.69) is 23.0 Å². The van der Waals surface area contributed by atoms with Crippen molar-refractivity contribution in [2.75, 3.05) is 12.4 Å². The Morgan fingerprint density at radius 1 is 1.33 bits per heavy atom. The van der Waals surface area contributed by atoms with Gasteiger partial charge in [0.15, 0.2) is 0 Å². The zero-order valence-electron chi connectivity index (χ0n) is 12.4. The Kier molecular flexibility index (Phi) is 4.86. The Labute approximate surface area is 126 Å². The highest BCUT2D eigenvalue weighted by Crippen LogP contribution is 2.28. The molecule has 0 saturated heterocycles. The molecule has 0 spiro atoms. The van der Waals surface area contributed by atoms with Crippen molar-refractivity contribution in [3.05, 3.63) is 23.8 Å². The van der Waals surface area contributed by atoms with E-state index in [4.69, 9.17) is 0 Å². The SMILES string of the molecule is CNS(=O)(=O)c1ccc(NC2CCC[C@H](C)C2)c(C#N)c1. The fourth-order valence-electron chi connectivity index (χ4n) is 2.81. The van der Waals surface area contributed by atoms with Gasteiger partial charge in [-0.15, -0.1) is 0 Å². The van der Waals surface area contributed by atoms with Crippen molar-refractivity contribution in [1.29, 1.82) is 5.26 Å². The molecule has 1 aromatic rings. The molecule has 0 radical (unpaired) electrons. The van der Waals surface area contributed by atoms with Crippen LogP contribution in [0.3, 0.4) is 0 Å². The lowest BCUT2D eigenvalue weighted by Crippen LogP contribution is -2.26. The molecule has 0 amide bonds. The maximum absolute atomic E-state index is 11.8. The zero-order valence-corrected chi connectivity index (χ0v) is 13.2. The van der Waals surface area contributed by atoms with Crippen LogP contribution in [0.25, 0.3) is 0 Å². The molecule has 2 atom stereocenters. The van der Waals surface area contributed by atoms with E-state index < -0.39 is 10.0 Å². The van der Waals surface area contributed by atoms with E-state index in [1.165, 1.54) is 32.0 Å². The highest BCUT2D eigenvalue weighted by Gasteiger charge is 2.20. The summed E-state index contributed by atoms with van der Waals surface area (Å²) < 4.78 is 25.8. The number of hydrogen-bond acceptors (Lipinski definition) is 4. The van der Waals surface area contributed by atoms with Gasteiger partial charge in [0.05, 0.1) is 16.1 Å². The van der Waals surface area contributed by atoms with Gasteiger partial charge in [-0.2, -0.15) is 5.26 Å². The summed E-state index contributed by atoms with van der Waals surface area (Å²) in [6.07, 6.45) is 4.61. The molecule has 0 bridgehead atoms. The Balaban J connectivity index is 2.23. The van der Waals surface area contributed by atoms with E-state index >= 15 is 0 Å². The van der Waals surface area contributed by atoms with Crippen molar-refractivity contribution >= 4 is 15.7 Å². The van der Waals surface area contributed by atoms with Crippen LogP contribution in [0, 0.1) is 17.2 Å². The molecule has 1 aromatic carbocycles. The van der Waals surface area contributed by atoms with Crippen LogP contribution in [0.15, 0.2) is 23.1 Å². The maximum atomic E-state index is 11.8. The predicted molar refractivity (Wildman–Crippen MR) is 82.4 cm³/mol. The molecule has 1 unspecified atom stereocenters. The second-order valence-corrected chi connectivity index (χ2v) is 7.53. The molecule has 0 heterocycles. The molecule has 1 aliphatic rings. The average molecular weight is 307 g/mol. The first-order valence-electron chi connectivity index (χ1n) is 7.20. The number of nitrogens with zero attached hydrogens (tertiary/aromatic N) is 1. The van der Waals surface area contributed by atoms with Crippen LogP contribution in [0.2, 0.25) is 0 Å². The fourth-order valence-corrected chi connectivity index (χ4v) is 3.57. The molecule has 2 rings (SSSR count). The first-order chi connectivity index (χ1) is 9.96. The highest BCUT2D eigenvalue weighted by molar-refractivity contribution is 7.89. The van der Waals surface area contributed by atoms with E-state index in [0.717, 1.165) is 12.8 Å². The van der Waals surface area contributed by atoms with Crippen molar-refractivity contribution in [1.82, 2.24) is 4.72 Å². The summed E-state index contributed by atoms with van der Waals surface area (Å²) in [7, 11) is -2.16. The van der Waals surface area contributed by atoms with E-state index in [9.17, 15) is 13.7 Å². The number of benzene rings is 1. The summed E-state index contributed by atoms with van der Waals surface area (Å²) in [5.41, 5.74) is 1.08. The number of sulfonamides is 1. The smallest absolute Gasteiger partial charge is 0.240 e. The van der Waals surface area contributed by atoms with E-state index in [1.807, 2.05) is 0 Å². The molecule has 5 nitrogen and oxygen atoms in total. The van der Waals surface area contributed by atoms with E-state index in [0.29, 0.717) is 23.2 Å². The topological polar surface area (TPSA) is 82.0 Å². The summed E-state index contributed by atoms with van der Waals surface area (Å²) in [6.45, 7) is 2.24. The molecule has 0 aliphatic heterocycles.